The van der Waals surface area contributed by atoms with Crippen molar-refractivity contribution in [1.82, 2.24) is 10.3 Å². The van der Waals surface area contributed by atoms with Gasteiger partial charge in [0.2, 0.25) is 5.91 Å². The summed E-state index contributed by atoms with van der Waals surface area (Å²) in [5, 5.41) is 11.8. The lowest BCUT2D eigenvalue weighted by Crippen LogP contribution is -2.30. The Morgan fingerprint density at radius 3 is 2.41 bits per heavy atom. The summed E-state index contributed by atoms with van der Waals surface area (Å²) in [6.45, 7) is 0. The summed E-state index contributed by atoms with van der Waals surface area (Å²) in [5.41, 5.74) is 2.88. The predicted octanol–water partition coefficient (Wildman–Crippen LogP) is 4.93. The van der Waals surface area contributed by atoms with Crippen LogP contribution in [0.1, 0.15) is 18.5 Å². The third-order valence-electron chi connectivity index (χ3n) is 4.34. The molecule has 29 heavy (non-hydrogen) atoms. The minimum absolute atomic E-state index is 0.159. The van der Waals surface area contributed by atoms with Gasteiger partial charge in [0.05, 0.1) is 17.1 Å². The van der Waals surface area contributed by atoms with Crippen LogP contribution in [0.5, 0.6) is 0 Å². The zero-order chi connectivity index (χ0) is 20.2. The predicted molar refractivity (Wildman–Crippen MR) is 117 cm³/mol. The smallest absolute Gasteiger partial charge is 0.319 e. The summed E-state index contributed by atoms with van der Waals surface area (Å²) in [6.07, 6.45) is 2.25. The number of nitrogens with zero attached hydrogens (tertiary/aromatic N) is 1. The minimum atomic E-state index is -0.206. The first-order chi connectivity index (χ1) is 14.1. The standard InChI is InChI=1S/C21H19ClN4O2S/c22-18-4-2-1-3-17(18)20-24-16(12-29-20)11-19(27)23-13-5-7-14(8-6-13)25-21(28)26-15-9-10-15/h1-8,12,15H,9-11H2,(H,23,27)(H2,25,26,28). The molecule has 3 aromatic rings. The molecular weight excluding hydrogens is 408 g/mol. The quantitative estimate of drug-likeness (QED) is 0.522. The van der Waals surface area contributed by atoms with Crippen molar-refractivity contribution < 1.29 is 9.59 Å². The molecule has 0 unspecified atom stereocenters. The van der Waals surface area contributed by atoms with Gasteiger partial charge in [-0.05, 0) is 43.2 Å². The van der Waals surface area contributed by atoms with Gasteiger partial charge in [-0.2, -0.15) is 0 Å². The van der Waals surface area contributed by atoms with E-state index in [-0.39, 0.29) is 18.4 Å². The third kappa shape index (κ3) is 5.34. The van der Waals surface area contributed by atoms with E-state index >= 15 is 0 Å². The van der Waals surface area contributed by atoms with Gasteiger partial charge in [-0.25, -0.2) is 9.78 Å². The molecule has 8 heteroatoms. The van der Waals surface area contributed by atoms with Gasteiger partial charge in [0.15, 0.2) is 0 Å². The van der Waals surface area contributed by atoms with Gasteiger partial charge in [-0.1, -0.05) is 29.8 Å². The summed E-state index contributed by atoms with van der Waals surface area (Å²) in [7, 11) is 0. The van der Waals surface area contributed by atoms with Crippen molar-refractivity contribution >= 4 is 46.3 Å². The molecule has 2 aromatic carbocycles. The molecule has 0 aliphatic heterocycles. The summed E-state index contributed by atoms with van der Waals surface area (Å²) in [5.74, 6) is -0.159. The van der Waals surface area contributed by atoms with Crippen molar-refractivity contribution in [3.05, 3.63) is 64.6 Å². The first-order valence-corrected chi connectivity index (χ1v) is 10.5. The fraction of sp³-hybridized carbons (Fsp3) is 0.190. The van der Waals surface area contributed by atoms with Gasteiger partial charge in [-0.15, -0.1) is 11.3 Å². The van der Waals surface area contributed by atoms with Crippen molar-refractivity contribution in [2.24, 2.45) is 0 Å². The number of rotatable bonds is 6. The average Bonchev–Trinajstić information content (AvgIpc) is 3.39. The second kappa shape index (κ2) is 8.63. The molecule has 148 valence electrons. The van der Waals surface area contributed by atoms with Crippen LogP contribution in [0, 0.1) is 0 Å². The number of amides is 3. The fourth-order valence-corrected chi connectivity index (χ4v) is 3.87. The molecule has 0 atom stereocenters. The van der Waals surface area contributed by atoms with Crippen molar-refractivity contribution in [3.8, 4) is 10.6 Å². The molecule has 0 spiro atoms. The average molecular weight is 427 g/mol. The van der Waals surface area contributed by atoms with E-state index in [0.29, 0.717) is 28.1 Å². The number of carbonyl (C=O) groups excluding carboxylic acids is 2. The first kappa shape index (κ1) is 19.4. The van der Waals surface area contributed by atoms with Gasteiger partial charge in [-0.3, -0.25) is 4.79 Å². The SMILES string of the molecule is O=C(Cc1csc(-c2ccccc2Cl)n1)Nc1ccc(NC(=O)NC2CC2)cc1. The van der Waals surface area contributed by atoms with Gasteiger partial charge in [0.25, 0.3) is 0 Å². The van der Waals surface area contributed by atoms with E-state index < -0.39 is 0 Å². The van der Waals surface area contributed by atoms with Crippen LogP contribution in [-0.2, 0) is 11.2 Å². The van der Waals surface area contributed by atoms with E-state index in [1.54, 1.807) is 24.3 Å². The number of nitrogens with one attached hydrogen (secondary N) is 3. The molecule has 4 rings (SSSR count). The molecule has 1 aromatic heterocycles. The lowest BCUT2D eigenvalue weighted by molar-refractivity contribution is -0.115. The summed E-state index contributed by atoms with van der Waals surface area (Å²) < 4.78 is 0. The molecular formula is C21H19ClN4O2S. The van der Waals surface area contributed by atoms with Crippen LogP contribution in [0.4, 0.5) is 16.2 Å². The van der Waals surface area contributed by atoms with Crippen LogP contribution in [0.15, 0.2) is 53.9 Å². The topological polar surface area (TPSA) is 83.1 Å². The normalized spacial score (nSPS) is 13.0. The zero-order valence-electron chi connectivity index (χ0n) is 15.4. The van der Waals surface area contributed by atoms with Gasteiger partial charge in [0.1, 0.15) is 5.01 Å². The number of aromatic nitrogens is 1. The summed E-state index contributed by atoms with van der Waals surface area (Å²) >= 11 is 7.67. The Bertz CT molecular complexity index is 1030. The first-order valence-electron chi connectivity index (χ1n) is 9.23. The van der Waals surface area contributed by atoms with Crippen molar-refractivity contribution in [1.29, 1.82) is 0 Å². The van der Waals surface area contributed by atoms with Gasteiger partial charge in [0, 0.05) is 28.4 Å². The molecule has 6 nitrogen and oxygen atoms in total. The Balaban J connectivity index is 1.31. The number of hydrogen-bond acceptors (Lipinski definition) is 4. The molecule has 3 N–H and O–H groups in total. The Morgan fingerprint density at radius 2 is 1.72 bits per heavy atom. The lowest BCUT2D eigenvalue weighted by Gasteiger charge is -2.08. The van der Waals surface area contributed by atoms with Crippen LogP contribution in [0.3, 0.4) is 0 Å². The molecule has 1 aliphatic carbocycles. The number of anilines is 2. The third-order valence-corrected chi connectivity index (χ3v) is 5.59. The highest BCUT2D eigenvalue weighted by Gasteiger charge is 2.23. The van der Waals surface area contributed by atoms with Crippen molar-refractivity contribution in [2.45, 2.75) is 25.3 Å². The number of carbonyl (C=O) groups is 2. The van der Waals surface area contributed by atoms with Crippen molar-refractivity contribution in [3.63, 3.8) is 0 Å². The molecule has 1 heterocycles. The molecule has 0 saturated heterocycles. The number of thiazole rings is 1. The molecule has 3 amide bonds. The largest absolute Gasteiger partial charge is 0.335 e. The molecule has 0 radical (unpaired) electrons. The molecule has 1 saturated carbocycles. The summed E-state index contributed by atoms with van der Waals surface area (Å²) in [6, 6.07) is 14.6. The maximum atomic E-state index is 12.3. The van der Waals surface area contributed by atoms with Gasteiger partial charge < -0.3 is 16.0 Å². The van der Waals surface area contributed by atoms with E-state index in [2.05, 4.69) is 20.9 Å². The monoisotopic (exact) mass is 426 g/mol. The highest BCUT2D eigenvalue weighted by molar-refractivity contribution is 7.13. The van der Waals surface area contributed by atoms with Crippen LogP contribution in [0.25, 0.3) is 10.6 Å². The van der Waals surface area contributed by atoms with Gasteiger partial charge >= 0.3 is 6.03 Å². The van der Waals surface area contributed by atoms with E-state index in [4.69, 9.17) is 11.6 Å². The minimum Gasteiger partial charge on any atom is -0.335 e. The number of urea groups is 1. The lowest BCUT2D eigenvalue weighted by atomic mass is 10.2. The second-order valence-electron chi connectivity index (χ2n) is 6.80. The Morgan fingerprint density at radius 1 is 1.03 bits per heavy atom. The van der Waals surface area contributed by atoms with Crippen LogP contribution in [-0.4, -0.2) is 23.0 Å². The Labute approximate surface area is 177 Å². The Kier molecular flexibility index (Phi) is 5.78. The summed E-state index contributed by atoms with van der Waals surface area (Å²) in [4.78, 5) is 28.6. The molecule has 1 fully saturated rings. The van der Waals surface area contributed by atoms with E-state index in [1.807, 2.05) is 29.6 Å². The molecule has 0 bridgehead atoms. The number of halogens is 1. The fourth-order valence-electron chi connectivity index (χ4n) is 2.73. The second-order valence-corrected chi connectivity index (χ2v) is 8.06. The molecule has 1 aliphatic rings. The maximum absolute atomic E-state index is 12.3. The van der Waals surface area contributed by atoms with Crippen LogP contribution >= 0.6 is 22.9 Å². The van der Waals surface area contributed by atoms with Crippen LogP contribution < -0.4 is 16.0 Å². The number of benzene rings is 2. The number of hydrogen-bond donors (Lipinski definition) is 3. The Hall–Kier alpha value is -2.90. The van der Waals surface area contributed by atoms with E-state index in [9.17, 15) is 9.59 Å². The highest BCUT2D eigenvalue weighted by Crippen LogP contribution is 2.30. The van der Waals surface area contributed by atoms with Crippen molar-refractivity contribution in [2.75, 3.05) is 10.6 Å². The van der Waals surface area contributed by atoms with E-state index in [1.165, 1.54) is 11.3 Å². The highest BCUT2D eigenvalue weighted by atomic mass is 35.5. The zero-order valence-corrected chi connectivity index (χ0v) is 17.0. The maximum Gasteiger partial charge on any atom is 0.319 e. The van der Waals surface area contributed by atoms with Crippen LogP contribution in [0.2, 0.25) is 5.02 Å². The van der Waals surface area contributed by atoms with E-state index in [0.717, 1.165) is 23.4 Å².